The number of nitrogens with zero attached hydrogens (tertiary/aromatic N) is 1. The summed E-state index contributed by atoms with van der Waals surface area (Å²) in [7, 11) is -1.37. The molecule has 0 spiro atoms. The fourth-order valence-corrected chi connectivity index (χ4v) is 7.63. The van der Waals surface area contributed by atoms with Crippen molar-refractivity contribution in [1.82, 2.24) is 4.72 Å². The van der Waals surface area contributed by atoms with Crippen molar-refractivity contribution in [3.63, 3.8) is 0 Å². The number of nitrogens with one attached hydrogen (secondary N) is 1. The van der Waals surface area contributed by atoms with Crippen molar-refractivity contribution >= 4 is 34.2 Å². The van der Waals surface area contributed by atoms with E-state index in [1.165, 1.54) is 36.8 Å². The van der Waals surface area contributed by atoms with Crippen molar-refractivity contribution in [2.24, 2.45) is 17.8 Å². The van der Waals surface area contributed by atoms with E-state index in [9.17, 15) is 9.00 Å². The van der Waals surface area contributed by atoms with Crippen LogP contribution in [0.2, 0.25) is 5.02 Å². The average Bonchev–Trinajstić information content (AvgIpc) is 3.06. The van der Waals surface area contributed by atoms with Gasteiger partial charge >= 0.3 is 0 Å². The number of hydrogen-bond donors (Lipinski definition) is 1. The van der Waals surface area contributed by atoms with Crippen molar-refractivity contribution in [3.8, 4) is 5.75 Å². The lowest BCUT2D eigenvalue weighted by Crippen LogP contribution is -2.40. The number of aryl methyl sites for hydroxylation is 1. The predicted molar refractivity (Wildman–Crippen MR) is 157 cm³/mol. The first-order valence-corrected chi connectivity index (χ1v) is 16.1. The van der Waals surface area contributed by atoms with Gasteiger partial charge in [-0.2, -0.15) is 0 Å². The third-order valence-corrected chi connectivity index (χ3v) is 10.1. The maximum Gasteiger partial charge on any atom is 0.263 e. The van der Waals surface area contributed by atoms with Crippen LogP contribution in [0.25, 0.3) is 0 Å². The van der Waals surface area contributed by atoms with Gasteiger partial charge in [0, 0.05) is 35.3 Å². The molecule has 5 rings (SSSR count). The molecule has 2 aliphatic heterocycles. The molecule has 1 fully saturated rings. The predicted octanol–water partition coefficient (Wildman–Crippen LogP) is 6.90. The van der Waals surface area contributed by atoms with Gasteiger partial charge < -0.3 is 9.64 Å². The average molecular weight is 557 g/mol. The van der Waals surface area contributed by atoms with Gasteiger partial charge in [-0.3, -0.25) is 9.52 Å². The molecule has 2 aromatic carbocycles. The molecule has 206 valence electrons. The van der Waals surface area contributed by atoms with E-state index in [0.717, 1.165) is 61.2 Å². The number of fused-ring (bicyclic) bond motifs is 2. The number of anilines is 1. The summed E-state index contributed by atoms with van der Waals surface area (Å²) in [5, 5.41) is 0.778. The van der Waals surface area contributed by atoms with E-state index < -0.39 is 11.0 Å². The largest absolute Gasteiger partial charge is 0.491 e. The van der Waals surface area contributed by atoms with E-state index in [1.807, 2.05) is 18.2 Å². The minimum Gasteiger partial charge on any atom is -0.491 e. The first kappa shape index (κ1) is 27.5. The Morgan fingerprint density at radius 2 is 1.89 bits per heavy atom. The molecule has 5 atom stereocenters. The van der Waals surface area contributed by atoms with E-state index in [0.29, 0.717) is 29.8 Å². The third-order valence-electron chi connectivity index (χ3n) is 8.81. The lowest BCUT2D eigenvalue weighted by molar-refractivity contribution is 0.0983. The van der Waals surface area contributed by atoms with Crippen molar-refractivity contribution in [2.45, 2.75) is 71.1 Å². The molecular formula is C31H41ClN2O3S. The number of ether oxygens (including phenoxy) is 1. The summed E-state index contributed by atoms with van der Waals surface area (Å²) < 4.78 is 21.8. The standard InChI is InChI=1S/C31H41ClN2O3S/c1-3-5-23-16-27(32)11-12-28(23)26-19-34-18-25-9-8-22(25)7-4-6-21(2)14-15-38(36)33-31(35)24-10-13-30(37-20-26)29(34)17-24/h10-13,16-17,21-22,25-26H,3-9,14-15,18-20H2,1-2H3,(H,33,35). The Morgan fingerprint density at radius 3 is 2.68 bits per heavy atom. The summed E-state index contributed by atoms with van der Waals surface area (Å²) in [5.74, 6) is 3.19. The molecule has 2 bridgehead atoms. The highest BCUT2D eigenvalue weighted by atomic mass is 35.5. The van der Waals surface area contributed by atoms with Gasteiger partial charge in [0.05, 0.1) is 12.3 Å². The Kier molecular flexibility index (Phi) is 8.99. The van der Waals surface area contributed by atoms with E-state index in [-0.39, 0.29) is 11.8 Å². The van der Waals surface area contributed by atoms with E-state index in [1.54, 1.807) is 6.07 Å². The molecule has 2 heterocycles. The van der Waals surface area contributed by atoms with Gasteiger partial charge in [0.25, 0.3) is 5.91 Å². The van der Waals surface area contributed by atoms with E-state index in [4.69, 9.17) is 16.3 Å². The monoisotopic (exact) mass is 556 g/mol. The van der Waals surface area contributed by atoms with Crippen LogP contribution >= 0.6 is 11.6 Å². The van der Waals surface area contributed by atoms with Gasteiger partial charge in [-0.1, -0.05) is 57.2 Å². The van der Waals surface area contributed by atoms with Crippen LogP contribution in [0.15, 0.2) is 36.4 Å². The lowest BCUT2D eigenvalue weighted by Gasteiger charge is -2.41. The Balaban J connectivity index is 1.48. The zero-order valence-electron chi connectivity index (χ0n) is 22.7. The molecule has 5 nitrogen and oxygen atoms in total. The van der Waals surface area contributed by atoms with Gasteiger partial charge in [0.2, 0.25) is 0 Å². The third kappa shape index (κ3) is 6.39. The Morgan fingerprint density at radius 1 is 1.05 bits per heavy atom. The minimum absolute atomic E-state index is 0.205. The van der Waals surface area contributed by atoms with Gasteiger partial charge in [0.15, 0.2) is 0 Å². The Bertz CT molecular complexity index is 1170. The van der Waals surface area contributed by atoms with E-state index in [2.05, 4.69) is 35.6 Å². The second-order valence-corrected chi connectivity index (χ2v) is 13.3. The summed E-state index contributed by atoms with van der Waals surface area (Å²) in [6, 6.07) is 11.9. The highest BCUT2D eigenvalue weighted by Crippen LogP contribution is 2.43. The van der Waals surface area contributed by atoms with Crippen LogP contribution in [-0.4, -0.2) is 35.6 Å². The normalized spacial score (nSPS) is 28.3. The molecule has 1 N–H and O–H groups in total. The second-order valence-electron chi connectivity index (χ2n) is 11.6. The molecule has 0 aromatic heterocycles. The number of benzene rings is 2. The molecule has 3 aliphatic rings. The Labute approximate surface area is 235 Å². The molecule has 1 aliphatic carbocycles. The summed E-state index contributed by atoms with van der Waals surface area (Å²) in [4.78, 5) is 15.5. The van der Waals surface area contributed by atoms with Gasteiger partial charge in [0.1, 0.15) is 16.7 Å². The molecule has 1 saturated carbocycles. The van der Waals surface area contributed by atoms with Crippen LogP contribution in [0.4, 0.5) is 5.69 Å². The van der Waals surface area contributed by atoms with Gasteiger partial charge in [-0.25, -0.2) is 4.21 Å². The van der Waals surface area contributed by atoms with Crippen molar-refractivity contribution in [1.29, 1.82) is 0 Å². The highest BCUT2D eigenvalue weighted by molar-refractivity contribution is 7.83. The SMILES string of the molecule is CCCc1cc(Cl)ccc1C1COc2ccc3cc2N(C1)CC1CCC1CCCC(C)CCS(=O)NC3=O. The molecule has 5 unspecified atom stereocenters. The number of halogens is 1. The summed E-state index contributed by atoms with van der Waals surface area (Å²) in [5.41, 5.74) is 4.12. The second kappa shape index (κ2) is 12.4. The molecule has 1 amide bonds. The number of carbonyl (C=O) groups excluding carboxylic acids is 1. The zero-order valence-corrected chi connectivity index (χ0v) is 24.3. The molecule has 2 aromatic rings. The van der Waals surface area contributed by atoms with Gasteiger partial charge in [-0.05, 0) is 84.9 Å². The van der Waals surface area contributed by atoms with Crippen molar-refractivity contribution < 1.29 is 13.7 Å². The number of rotatable bonds is 3. The fraction of sp³-hybridized carbons (Fsp3) is 0.581. The maximum absolute atomic E-state index is 13.1. The number of amides is 1. The molecule has 7 heteroatoms. The van der Waals surface area contributed by atoms with Crippen LogP contribution in [0, 0.1) is 17.8 Å². The van der Waals surface area contributed by atoms with Crippen LogP contribution in [-0.2, 0) is 17.4 Å². The van der Waals surface area contributed by atoms with Crippen molar-refractivity contribution in [2.75, 3.05) is 30.3 Å². The first-order valence-electron chi connectivity index (χ1n) is 14.4. The van der Waals surface area contributed by atoms with Crippen LogP contribution in [0.3, 0.4) is 0 Å². The van der Waals surface area contributed by atoms with E-state index >= 15 is 0 Å². The van der Waals surface area contributed by atoms with Crippen LogP contribution in [0.5, 0.6) is 5.75 Å². The topological polar surface area (TPSA) is 58.6 Å². The summed E-state index contributed by atoms with van der Waals surface area (Å²) >= 11 is 6.38. The highest BCUT2D eigenvalue weighted by Gasteiger charge is 2.35. The molecule has 0 saturated heterocycles. The van der Waals surface area contributed by atoms with Crippen LogP contribution < -0.4 is 14.4 Å². The van der Waals surface area contributed by atoms with Crippen LogP contribution in [0.1, 0.15) is 86.2 Å². The molecular weight excluding hydrogens is 516 g/mol. The Hall–Kier alpha value is -2.05. The van der Waals surface area contributed by atoms with Gasteiger partial charge in [-0.15, -0.1) is 0 Å². The zero-order chi connectivity index (χ0) is 26.6. The van der Waals surface area contributed by atoms with Crippen molar-refractivity contribution in [3.05, 3.63) is 58.1 Å². The fourth-order valence-electron chi connectivity index (χ4n) is 6.39. The lowest BCUT2D eigenvalue weighted by atomic mass is 9.70. The smallest absolute Gasteiger partial charge is 0.263 e. The summed E-state index contributed by atoms with van der Waals surface area (Å²) in [6.45, 7) is 6.84. The minimum atomic E-state index is -1.37. The summed E-state index contributed by atoms with van der Waals surface area (Å²) in [6.07, 6.45) is 9.15. The quantitative estimate of drug-likeness (QED) is 0.446. The first-order chi connectivity index (χ1) is 18.4. The number of carbonyl (C=O) groups is 1. The maximum atomic E-state index is 13.1. The molecule has 0 radical (unpaired) electrons. The number of hydrogen-bond acceptors (Lipinski definition) is 4. The molecule has 38 heavy (non-hydrogen) atoms.